The molecule has 0 saturated heterocycles. The third kappa shape index (κ3) is 10.5. The van der Waals surface area contributed by atoms with Crippen LogP contribution >= 0.6 is 0 Å². The second kappa shape index (κ2) is 22.1. The molecule has 8 aromatic carbocycles. The van der Waals surface area contributed by atoms with Crippen LogP contribution in [0.25, 0.3) is 94.7 Å². The average Bonchev–Trinajstić information content (AvgIpc) is 4.01. The number of furan rings is 1. The van der Waals surface area contributed by atoms with Gasteiger partial charge in [-0.1, -0.05) is 213 Å². The Morgan fingerprint density at radius 2 is 1.12 bits per heavy atom. The van der Waals surface area contributed by atoms with E-state index in [9.17, 15) is 0 Å². The predicted molar refractivity (Wildman–Crippen MR) is 317 cm³/mol. The van der Waals surface area contributed by atoms with Crippen molar-refractivity contribution < 1.29 is 24.5 Å². The number of pyridine rings is 1. The molecule has 0 N–H and O–H groups in total. The zero-order valence-corrected chi connectivity index (χ0v) is 48.6. The van der Waals surface area contributed by atoms with Gasteiger partial charge in [-0.15, -0.1) is 53.2 Å². The molecule has 1 radical (unpaired) electrons. The molecule has 75 heavy (non-hydrogen) atoms. The van der Waals surface area contributed by atoms with Crippen molar-refractivity contribution in [1.29, 1.82) is 0 Å². The molecule has 4 nitrogen and oxygen atoms in total. The Hall–Kier alpha value is -6.95. The summed E-state index contributed by atoms with van der Waals surface area (Å²) in [5, 5.41) is 3.60. The first-order valence-electron chi connectivity index (χ1n) is 26.4. The Morgan fingerprint density at radius 1 is 0.520 bits per heavy atom. The number of hydrogen-bond acceptors (Lipinski definition) is 3. The molecule has 0 bridgehead atoms. The fraction of sp³-hybridized carbons (Fsp3) is 0.217. The summed E-state index contributed by atoms with van der Waals surface area (Å²) in [6.45, 7) is 25.4. The summed E-state index contributed by atoms with van der Waals surface area (Å²) in [6, 6.07) is 69.6. The molecule has 0 aliphatic heterocycles. The average molecular weight is 1170 g/mol. The summed E-state index contributed by atoms with van der Waals surface area (Å²) in [5.74, 6) is 2.52. The van der Waals surface area contributed by atoms with Gasteiger partial charge in [0.25, 0.3) is 0 Å². The molecule has 0 spiro atoms. The van der Waals surface area contributed by atoms with Crippen molar-refractivity contribution in [2.75, 3.05) is 0 Å². The molecule has 6 heteroatoms. The van der Waals surface area contributed by atoms with Crippen molar-refractivity contribution in [3.8, 4) is 61.7 Å². The van der Waals surface area contributed by atoms with Crippen LogP contribution in [0.2, 0.25) is 19.6 Å². The Bertz CT molecular complexity index is 3710. The summed E-state index contributed by atoms with van der Waals surface area (Å²) in [4.78, 5) is 9.95. The third-order valence-corrected chi connectivity index (χ3v) is 16.5. The summed E-state index contributed by atoms with van der Waals surface area (Å²) in [5.41, 5.74) is 20.6. The van der Waals surface area contributed by atoms with Crippen molar-refractivity contribution >= 4 is 46.2 Å². The number of rotatable bonds is 11. The molecule has 11 aromatic rings. The minimum Gasteiger partial charge on any atom is -0.500 e. The van der Waals surface area contributed by atoms with E-state index < -0.39 is 8.07 Å². The van der Waals surface area contributed by atoms with Crippen molar-refractivity contribution in [2.24, 2.45) is 0 Å². The fourth-order valence-electron chi connectivity index (χ4n) is 10.5. The van der Waals surface area contributed by atoms with Crippen molar-refractivity contribution in [2.45, 2.75) is 98.7 Å². The Morgan fingerprint density at radius 3 is 1.73 bits per heavy atom. The molecule has 11 rings (SSSR count). The van der Waals surface area contributed by atoms with E-state index in [1.165, 1.54) is 55.4 Å². The second-order valence-corrected chi connectivity index (χ2v) is 27.1. The van der Waals surface area contributed by atoms with Gasteiger partial charge in [0.15, 0.2) is 0 Å². The summed E-state index contributed by atoms with van der Waals surface area (Å²) < 4.78 is 9.06. The van der Waals surface area contributed by atoms with Crippen LogP contribution < -0.4 is 5.19 Å². The van der Waals surface area contributed by atoms with Crippen LogP contribution in [0.3, 0.4) is 0 Å². The number of para-hydroxylation sites is 4. The van der Waals surface area contributed by atoms with Crippen LogP contribution in [0.1, 0.15) is 101 Å². The van der Waals surface area contributed by atoms with Crippen LogP contribution in [0.4, 0.5) is 0 Å². The number of aromatic nitrogens is 3. The van der Waals surface area contributed by atoms with Crippen LogP contribution in [-0.2, 0) is 20.1 Å². The van der Waals surface area contributed by atoms with Gasteiger partial charge in [-0.05, 0) is 97.6 Å². The fourth-order valence-corrected chi connectivity index (χ4v) is 11.6. The van der Waals surface area contributed by atoms with E-state index >= 15 is 0 Å². The topological polar surface area (TPSA) is 43.9 Å². The molecular weight excluding hydrogens is 1110 g/mol. The van der Waals surface area contributed by atoms with E-state index in [1.54, 1.807) is 0 Å². The maximum Gasteiger partial charge on any atom is 0.128 e. The van der Waals surface area contributed by atoms with Gasteiger partial charge in [0, 0.05) is 51.0 Å². The number of nitrogens with zero attached hydrogens (tertiary/aromatic N) is 3. The minimum absolute atomic E-state index is 0. The Labute approximate surface area is 459 Å². The molecule has 3 heterocycles. The van der Waals surface area contributed by atoms with Gasteiger partial charge < -0.3 is 14.0 Å². The van der Waals surface area contributed by atoms with Crippen molar-refractivity contribution in [3.63, 3.8) is 0 Å². The molecule has 0 amide bonds. The number of hydrogen-bond donors (Lipinski definition) is 0. The molecule has 0 aliphatic carbocycles. The first-order valence-corrected chi connectivity index (χ1v) is 29.9. The van der Waals surface area contributed by atoms with E-state index in [0.717, 1.165) is 66.7 Å². The van der Waals surface area contributed by atoms with Gasteiger partial charge in [-0.25, -0.2) is 0 Å². The first-order chi connectivity index (χ1) is 35.7. The van der Waals surface area contributed by atoms with Gasteiger partial charge in [-0.2, -0.15) is 0 Å². The zero-order chi connectivity index (χ0) is 51.8. The zero-order valence-electron chi connectivity index (χ0n) is 45.2. The SMILES string of the molecule is CC(C)c1cc(-c2ccccc2)cc(C(C)C)c1-c1ccnc(-c2[c-]ccc3c2oc2c(-c4ccccc4)cccc23)c1.CC(C)c1cccc(C(C)C)c1-n1c(-c2[c-]cc([Si](C)(C)C)cc2)nc2ccccc21.[Ir]. The van der Waals surface area contributed by atoms with E-state index in [4.69, 9.17) is 14.4 Å². The monoisotopic (exact) mass is 1170 g/mol. The van der Waals surface area contributed by atoms with Gasteiger partial charge >= 0.3 is 0 Å². The van der Waals surface area contributed by atoms with Crippen molar-refractivity contribution in [3.05, 3.63) is 217 Å². The normalized spacial score (nSPS) is 11.8. The first kappa shape index (κ1) is 52.9. The van der Waals surface area contributed by atoms with E-state index in [0.29, 0.717) is 23.7 Å². The maximum absolute atomic E-state index is 6.69. The van der Waals surface area contributed by atoms with Crippen molar-refractivity contribution in [1.82, 2.24) is 14.5 Å². The molecule has 0 fully saturated rings. The predicted octanol–water partition coefficient (Wildman–Crippen LogP) is 19.0. The molecular formula is C69H67IrN3OSi-2. The Kier molecular flexibility index (Phi) is 15.6. The van der Waals surface area contributed by atoms with Crippen LogP contribution in [0.5, 0.6) is 0 Å². The van der Waals surface area contributed by atoms with E-state index in [1.807, 2.05) is 18.3 Å². The molecule has 0 aliphatic rings. The molecule has 3 aromatic heterocycles. The van der Waals surface area contributed by atoms with Gasteiger partial charge in [0.1, 0.15) is 5.58 Å². The molecule has 0 unspecified atom stereocenters. The minimum atomic E-state index is -1.37. The van der Waals surface area contributed by atoms with E-state index in [2.05, 4.69) is 256 Å². The second-order valence-electron chi connectivity index (χ2n) is 22.0. The van der Waals surface area contributed by atoms with Crippen LogP contribution in [-0.4, -0.2) is 22.6 Å². The largest absolute Gasteiger partial charge is 0.500 e. The standard InChI is InChI=1S/C41H34NO.C28H33N2Si.Ir/c1-26(2)36-23-31(28-13-7-5-8-14-28)24-37(27(3)4)39(36)30-21-22-42-38(25-30)35-20-12-19-34-33-18-11-17-32(40(33)43-41(34)35)29-15-9-6-10-16-29;1-19(2)23-11-10-12-24(20(3)4)27(23)30-26-14-9-8-13-25(26)29-28(30)21-15-17-22(18-16-21)31(5,6)7;/h5-19,21-27H,1-4H3;8-15,17-20H,1-7H3;/q2*-1;. The summed E-state index contributed by atoms with van der Waals surface area (Å²) in [7, 11) is -1.37. The maximum atomic E-state index is 6.69. The van der Waals surface area contributed by atoms with Gasteiger partial charge in [-0.3, -0.25) is 4.98 Å². The molecule has 379 valence electrons. The van der Waals surface area contributed by atoms with Crippen LogP contribution in [0, 0.1) is 12.1 Å². The Balaban J connectivity index is 0.000000191. The van der Waals surface area contributed by atoms with Gasteiger partial charge in [0.2, 0.25) is 0 Å². The third-order valence-electron chi connectivity index (χ3n) is 14.4. The summed E-state index contributed by atoms with van der Waals surface area (Å²) in [6.07, 6.45) is 1.93. The van der Waals surface area contributed by atoms with Gasteiger partial charge in [0.05, 0.1) is 22.4 Å². The number of benzene rings is 8. The van der Waals surface area contributed by atoms with E-state index in [-0.39, 0.29) is 20.1 Å². The summed E-state index contributed by atoms with van der Waals surface area (Å²) >= 11 is 0. The number of imidazole rings is 1. The number of fused-ring (bicyclic) bond motifs is 4. The van der Waals surface area contributed by atoms with Crippen LogP contribution in [0.15, 0.2) is 187 Å². The molecule has 0 saturated carbocycles. The quantitative estimate of drug-likeness (QED) is 0.0957. The smallest absolute Gasteiger partial charge is 0.128 e. The molecule has 0 atom stereocenters.